The molecule has 1 N–H and O–H groups in total. The van der Waals surface area contributed by atoms with Crippen LogP contribution >= 0.6 is 0 Å². The molecule has 1 heterocycles. The fourth-order valence-electron chi connectivity index (χ4n) is 2.84. The Hall–Kier alpha value is -1.80. The van der Waals surface area contributed by atoms with Crippen LogP contribution in [0.15, 0.2) is 60.7 Å². The molecule has 0 aliphatic carbocycles. The lowest BCUT2D eigenvalue weighted by Gasteiger charge is -2.36. The van der Waals surface area contributed by atoms with Gasteiger partial charge < -0.3 is 28.8 Å². The van der Waals surface area contributed by atoms with E-state index in [2.05, 4.69) is 0 Å². The van der Waals surface area contributed by atoms with Crippen molar-refractivity contribution < 1.29 is 28.8 Å². The summed E-state index contributed by atoms with van der Waals surface area (Å²) in [7, 11) is 1.46. The first-order valence-corrected chi connectivity index (χ1v) is 9.01. The molecule has 3 rings (SSSR count). The number of ether oxygens (including phenoxy) is 5. The SMILES string of the molecule is CO[C@@H]1OC[C@H]([C@@H](COCc2ccccc2)OCc2ccccc2)OC1O. The van der Waals surface area contributed by atoms with Gasteiger partial charge >= 0.3 is 0 Å². The molecule has 146 valence electrons. The topological polar surface area (TPSA) is 66.4 Å². The summed E-state index contributed by atoms with van der Waals surface area (Å²) < 4.78 is 28.1. The predicted molar refractivity (Wildman–Crippen MR) is 98.7 cm³/mol. The highest BCUT2D eigenvalue weighted by molar-refractivity contribution is 5.14. The van der Waals surface area contributed by atoms with E-state index in [0.717, 1.165) is 11.1 Å². The van der Waals surface area contributed by atoms with Crippen molar-refractivity contribution in [2.75, 3.05) is 20.3 Å². The fraction of sp³-hybridized carbons (Fsp3) is 0.429. The summed E-state index contributed by atoms with van der Waals surface area (Å²) in [6.45, 7) is 1.47. The molecule has 0 amide bonds. The summed E-state index contributed by atoms with van der Waals surface area (Å²) in [5, 5.41) is 10.0. The third-order valence-electron chi connectivity index (χ3n) is 4.32. The molecule has 0 bridgehead atoms. The van der Waals surface area contributed by atoms with E-state index in [-0.39, 0.29) is 12.7 Å². The Bertz CT molecular complexity index is 650. The van der Waals surface area contributed by atoms with Crippen molar-refractivity contribution in [2.45, 2.75) is 38.0 Å². The molecule has 1 aliphatic rings. The first kappa shape index (κ1) is 19.9. The van der Waals surface area contributed by atoms with E-state index in [1.165, 1.54) is 7.11 Å². The zero-order valence-corrected chi connectivity index (χ0v) is 15.4. The summed E-state index contributed by atoms with van der Waals surface area (Å²) in [5.41, 5.74) is 2.14. The average molecular weight is 374 g/mol. The van der Waals surface area contributed by atoms with Crippen molar-refractivity contribution in [3.63, 3.8) is 0 Å². The van der Waals surface area contributed by atoms with Gasteiger partial charge in [0.25, 0.3) is 0 Å². The number of aliphatic hydroxyl groups is 1. The first-order chi connectivity index (χ1) is 13.3. The molecular formula is C21H26O6. The Kier molecular flexibility index (Phi) is 7.77. The summed E-state index contributed by atoms with van der Waals surface area (Å²) in [4.78, 5) is 0. The Morgan fingerprint density at radius 3 is 2.22 bits per heavy atom. The largest absolute Gasteiger partial charge is 0.374 e. The lowest BCUT2D eigenvalue weighted by atomic mass is 10.2. The number of hydrogen-bond acceptors (Lipinski definition) is 6. The Balaban J connectivity index is 1.57. The van der Waals surface area contributed by atoms with Crippen LogP contribution in [0, 0.1) is 0 Å². The highest BCUT2D eigenvalue weighted by atomic mass is 16.8. The zero-order valence-electron chi connectivity index (χ0n) is 15.4. The van der Waals surface area contributed by atoms with Gasteiger partial charge in [-0.15, -0.1) is 0 Å². The maximum absolute atomic E-state index is 10.0. The zero-order chi connectivity index (χ0) is 18.9. The van der Waals surface area contributed by atoms with Gasteiger partial charge in [-0.05, 0) is 11.1 Å². The van der Waals surface area contributed by atoms with Gasteiger partial charge in [-0.3, -0.25) is 0 Å². The van der Waals surface area contributed by atoms with E-state index in [9.17, 15) is 5.11 Å². The van der Waals surface area contributed by atoms with E-state index in [0.29, 0.717) is 19.8 Å². The Labute approximate surface area is 159 Å². The van der Waals surface area contributed by atoms with Crippen LogP contribution in [0.4, 0.5) is 0 Å². The molecule has 4 atom stereocenters. The molecule has 0 spiro atoms. The van der Waals surface area contributed by atoms with Gasteiger partial charge in [-0.1, -0.05) is 60.7 Å². The number of benzene rings is 2. The molecule has 0 aromatic heterocycles. The molecular weight excluding hydrogens is 348 g/mol. The lowest BCUT2D eigenvalue weighted by Crippen LogP contribution is -2.50. The molecule has 2 aromatic rings. The summed E-state index contributed by atoms with van der Waals surface area (Å²) in [6.07, 6.45) is -2.79. The fourth-order valence-corrected chi connectivity index (χ4v) is 2.84. The van der Waals surface area contributed by atoms with Gasteiger partial charge in [-0.2, -0.15) is 0 Å². The molecule has 2 aromatic carbocycles. The van der Waals surface area contributed by atoms with Crippen LogP contribution < -0.4 is 0 Å². The third kappa shape index (κ3) is 6.10. The highest BCUT2D eigenvalue weighted by Gasteiger charge is 2.35. The molecule has 0 radical (unpaired) electrons. The van der Waals surface area contributed by atoms with Crippen molar-refractivity contribution in [3.05, 3.63) is 71.8 Å². The predicted octanol–water partition coefficient (Wildman–Crippen LogP) is 2.49. The van der Waals surface area contributed by atoms with Crippen LogP contribution in [0.5, 0.6) is 0 Å². The van der Waals surface area contributed by atoms with E-state index in [1.807, 2.05) is 60.7 Å². The van der Waals surface area contributed by atoms with Gasteiger partial charge in [-0.25, -0.2) is 0 Å². The maximum atomic E-state index is 10.0. The smallest absolute Gasteiger partial charge is 0.209 e. The quantitative estimate of drug-likeness (QED) is 0.728. The first-order valence-electron chi connectivity index (χ1n) is 9.01. The van der Waals surface area contributed by atoms with Crippen LogP contribution in [0.3, 0.4) is 0 Å². The molecule has 0 saturated carbocycles. The van der Waals surface area contributed by atoms with Gasteiger partial charge in [0, 0.05) is 7.11 Å². The van der Waals surface area contributed by atoms with E-state index in [4.69, 9.17) is 23.7 Å². The second-order valence-corrected chi connectivity index (χ2v) is 6.34. The molecule has 6 heteroatoms. The Morgan fingerprint density at radius 2 is 1.63 bits per heavy atom. The molecule has 27 heavy (non-hydrogen) atoms. The monoisotopic (exact) mass is 374 g/mol. The minimum atomic E-state index is -1.16. The van der Waals surface area contributed by atoms with Crippen LogP contribution in [0.25, 0.3) is 0 Å². The lowest BCUT2D eigenvalue weighted by molar-refractivity contribution is -0.336. The average Bonchev–Trinajstić information content (AvgIpc) is 2.72. The summed E-state index contributed by atoms with van der Waals surface area (Å²) in [6, 6.07) is 19.8. The van der Waals surface area contributed by atoms with Crippen molar-refractivity contribution in [3.8, 4) is 0 Å². The van der Waals surface area contributed by atoms with E-state index in [1.54, 1.807) is 0 Å². The molecule has 6 nitrogen and oxygen atoms in total. The van der Waals surface area contributed by atoms with Gasteiger partial charge in [0.05, 0.1) is 26.4 Å². The maximum Gasteiger partial charge on any atom is 0.209 e. The van der Waals surface area contributed by atoms with Crippen LogP contribution in [0.1, 0.15) is 11.1 Å². The number of methoxy groups -OCH3 is 1. The van der Waals surface area contributed by atoms with Crippen molar-refractivity contribution in [1.82, 2.24) is 0 Å². The second kappa shape index (κ2) is 10.5. The van der Waals surface area contributed by atoms with Crippen LogP contribution in [-0.2, 0) is 36.9 Å². The van der Waals surface area contributed by atoms with Crippen molar-refractivity contribution in [2.24, 2.45) is 0 Å². The van der Waals surface area contributed by atoms with Crippen LogP contribution in [-0.4, -0.2) is 50.2 Å². The number of aliphatic hydroxyl groups excluding tert-OH is 1. The minimum Gasteiger partial charge on any atom is -0.374 e. The highest BCUT2D eigenvalue weighted by Crippen LogP contribution is 2.19. The summed E-state index contributed by atoms with van der Waals surface area (Å²) in [5.74, 6) is 0. The van der Waals surface area contributed by atoms with Gasteiger partial charge in [0.15, 0.2) is 0 Å². The molecule has 1 aliphatic heterocycles. The molecule has 1 fully saturated rings. The van der Waals surface area contributed by atoms with E-state index < -0.39 is 18.7 Å². The van der Waals surface area contributed by atoms with Crippen molar-refractivity contribution in [1.29, 1.82) is 0 Å². The normalized spacial score (nSPS) is 23.9. The summed E-state index contributed by atoms with van der Waals surface area (Å²) >= 11 is 0. The second-order valence-electron chi connectivity index (χ2n) is 6.34. The minimum absolute atomic E-state index is 0.254. The number of rotatable bonds is 9. The standard InChI is InChI=1S/C21H26O6/c1-23-21-20(22)27-19(15-26-21)18(25-13-17-10-6-3-7-11-17)14-24-12-16-8-4-2-5-9-16/h2-11,18-22H,12-15H2,1H3/t18-,19-,20?,21-/m1/s1. The van der Waals surface area contributed by atoms with Crippen molar-refractivity contribution >= 4 is 0 Å². The number of hydrogen-bond donors (Lipinski definition) is 1. The van der Waals surface area contributed by atoms with Gasteiger partial charge in [0.1, 0.15) is 12.2 Å². The van der Waals surface area contributed by atoms with E-state index >= 15 is 0 Å². The third-order valence-corrected chi connectivity index (χ3v) is 4.32. The molecule has 1 saturated heterocycles. The van der Waals surface area contributed by atoms with Crippen LogP contribution in [0.2, 0.25) is 0 Å². The molecule has 1 unspecified atom stereocenters. The Morgan fingerprint density at radius 1 is 1.00 bits per heavy atom. The van der Waals surface area contributed by atoms with Gasteiger partial charge in [0.2, 0.25) is 12.6 Å².